The van der Waals surface area contributed by atoms with Crippen LogP contribution in [0.1, 0.15) is 46.1 Å². The van der Waals surface area contributed by atoms with E-state index in [1.165, 1.54) is 11.8 Å². The third-order valence-corrected chi connectivity index (χ3v) is 5.70. The lowest BCUT2D eigenvalue weighted by molar-refractivity contribution is -0.138. The van der Waals surface area contributed by atoms with E-state index in [0.717, 1.165) is 19.5 Å². The molecule has 1 aromatic rings. The number of piperidine rings is 1. The summed E-state index contributed by atoms with van der Waals surface area (Å²) in [5, 5.41) is 2.74. The minimum atomic E-state index is -0.255. The summed E-state index contributed by atoms with van der Waals surface area (Å²) in [5.74, 6) is 0.277. The fraction of sp³-hybridized carbons (Fsp3) is 0.542. The van der Waals surface area contributed by atoms with Crippen molar-refractivity contribution in [1.29, 1.82) is 0 Å². The van der Waals surface area contributed by atoms with Gasteiger partial charge in [-0.15, -0.1) is 0 Å². The number of likely N-dealkylation sites (tertiary alicyclic amines) is 1. The first-order chi connectivity index (χ1) is 14.8. The van der Waals surface area contributed by atoms with Gasteiger partial charge >= 0.3 is 0 Å². The summed E-state index contributed by atoms with van der Waals surface area (Å²) >= 11 is 0. The van der Waals surface area contributed by atoms with E-state index in [4.69, 9.17) is 4.74 Å². The summed E-state index contributed by atoms with van der Waals surface area (Å²) in [4.78, 5) is 41.5. The highest BCUT2D eigenvalue weighted by Crippen LogP contribution is 2.35. The molecule has 0 saturated carbocycles. The van der Waals surface area contributed by atoms with E-state index in [1.54, 1.807) is 24.3 Å². The van der Waals surface area contributed by atoms with Crippen molar-refractivity contribution in [2.24, 2.45) is 11.8 Å². The molecule has 7 nitrogen and oxygen atoms in total. The van der Waals surface area contributed by atoms with Crippen molar-refractivity contribution in [2.45, 2.75) is 40.5 Å². The number of hydrogen-bond acceptors (Lipinski definition) is 5. The smallest absolute Gasteiger partial charge is 0.277 e. The Kier molecular flexibility index (Phi) is 7.49. The van der Waals surface area contributed by atoms with Crippen LogP contribution in [0.25, 0.3) is 5.57 Å². The lowest BCUT2D eigenvalue weighted by Gasteiger charge is -2.37. The Hall–Kier alpha value is -2.67. The molecule has 2 unspecified atom stereocenters. The lowest BCUT2D eigenvalue weighted by atomic mass is 9.91. The van der Waals surface area contributed by atoms with Crippen LogP contribution in [0.4, 0.5) is 5.69 Å². The first-order valence-electron chi connectivity index (χ1n) is 11.1. The molecule has 31 heavy (non-hydrogen) atoms. The van der Waals surface area contributed by atoms with Gasteiger partial charge in [-0.25, -0.2) is 0 Å². The average Bonchev–Trinajstić information content (AvgIpc) is 2.95. The highest BCUT2D eigenvalue weighted by atomic mass is 16.5. The number of imide groups is 1. The van der Waals surface area contributed by atoms with Crippen LogP contribution in [0, 0.1) is 11.8 Å². The Morgan fingerprint density at radius 2 is 1.74 bits per heavy atom. The molecule has 0 aliphatic carbocycles. The molecule has 7 heteroatoms. The van der Waals surface area contributed by atoms with E-state index < -0.39 is 0 Å². The molecule has 0 bridgehead atoms. The summed E-state index contributed by atoms with van der Waals surface area (Å²) in [5.41, 5.74) is 2.31. The van der Waals surface area contributed by atoms with Crippen LogP contribution >= 0.6 is 0 Å². The summed E-state index contributed by atoms with van der Waals surface area (Å²) in [7, 11) is 0. The molecule has 168 valence electrons. The van der Waals surface area contributed by atoms with Gasteiger partial charge in [0, 0.05) is 45.5 Å². The molecule has 0 spiro atoms. The van der Waals surface area contributed by atoms with Gasteiger partial charge in [0.15, 0.2) is 0 Å². The van der Waals surface area contributed by atoms with Gasteiger partial charge < -0.3 is 15.0 Å². The zero-order valence-electron chi connectivity index (χ0n) is 18.9. The minimum absolute atomic E-state index is 0.156. The average molecular weight is 428 g/mol. The standard InChI is InChI=1S/C24H33N3O4/c1-5-31-12-6-11-27-23(29)21(19-7-9-20(10-8-19)25-18(4)28)22(24(27)30)26-14-16(2)13-17(3)15-26/h7-10,16-17H,5-6,11-15H2,1-4H3,(H,25,28). The number of nitrogens with zero attached hydrogens (tertiary/aromatic N) is 2. The predicted molar refractivity (Wildman–Crippen MR) is 120 cm³/mol. The molecule has 1 saturated heterocycles. The fourth-order valence-corrected chi connectivity index (χ4v) is 4.56. The summed E-state index contributed by atoms with van der Waals surface area (Å²) in [6.07, 6.45) is 1.73. The zero-order valence-corrected chi connectivity index (χ0v) is 18.9. The summed E-state index contributed by atoms with van der Waals surface area (Å²) in [6, 6.07) is 7.12. The number of hydrogen-bond donors (Lipinski definition) is 1. The van der Waals surface area contributed by atoms with Crippen LogP contribution in [0.15, 0.2) is 30.0 Å². The topological polar surface area (TPSA) is 79.0 Å². The maximum absolute atomic E-state index is 13.4. The second kappa shape index (κ2) is 10.1. The highest BCUT2D eigenvalue weighted by Gasteiger charge is 2.42. The Balaban J connectivity index is 1.94. The summed E-state index contributed by atoms with van der Waals surface area (Å²) < 4.78 is 5.38. The quantitative estimate of drug-likeness (QED) is 0.509. The number of nitrogens with one attached hydrogen (secondary N) is 1. The van der Waals surface area contributed by atoms with E-state index >= 15 is 0 Å². The van der Waals surface area contributed by atoms with E-state index in [0.29, 0.717) is 60.5 Å². The molecule has 1 aromatic carbocycles. The zero-order chi connectivity index (χ0) is 22.5. The maximum Gasteiger partial charge on any atom is 0.277 e. The molecule has 2 heterocycles. The molecular weight excluding hydrogens is 394 g/mol. The van der Waals surface area contributed by atoms with Gasteiger partial charge in [0.05, 0.1) is 5.57 Å². The fourth-order valence-electron chi connectivity index (χ4n) is 4.56. The molecule has 2 atom stereocenters. The van der Waals surface area contributed by atoms with Gasteiger partial charge in [0.1, 0.15) is 5.70 Å². The second-order valence-corrected chi connectivity index (χ2v) is 8.65. The largest absolute Gasteiger partial charge is 0.382 e. The van der Waals surface area contributed by atoms with Crippen molar-refractivity contribution in [1.82, 2.24) is 9.80 Å². The number of carbonyl (C=O) groups excluding carboxylic acids is 3. The molecule has 2 aliphatic rings. The monoisotopic (exact) mass is 427 g/mol. The van der Waals surface area contributed by atoms with E-state index in [1.807, 2.05) is 6.92 Å². The van der Waals surface area contributed by atoms with Crippen LogP contribution < -0.4 is 5.32 Å². The Bertz CT molecular complexity index is 852. The maximum atomic E-state index is 13.4. The van der Waals surface area contributed by atoms with Crippen LogP contribution in [-0.4, -0.2) is 60.4 Å². The molecule has 1 fully saturated rings. The third kappa shape index (κ3) is 5.34. The van der Waals surface area contributed by atoms with Crippen molar-refractivity contribution >= 4 is 29.0 Å². The van der Waals surface area contributed by atoms with Gasteiger partial charge in [-0.05, 0) is 49.3 Å². The van der Waals surface area contributed by atoms with Crippen molar-refractivity contribution in [3.63, 3.8) is 0 Å². The van der Waals surface area contributed by atoms with Gasteiger partial charge in [0.25, 0.3) is 11.8 Å². The normalized spacial score (nSPS) is 21.8. The molecular formula is C24H33N3O4. The Morgan fingerprint density at radius 1 is 1.10 bits per heavy atom. The first kappa shape index (κ1) is 23.0. The Labute approximate surface area is 184 Å². The third-order valence-electron chi connectivity index (χ3n) is 5.70. The molecule has 2 aliphatic heterocycles. The van der Waals surface area contributed by atoms with E-state index in [9.17, 15) is 14.4 Å². The molecule has 3 amide bonds. The highest BCUT2D eigenvalue weighted by molar-refractivity contribution is 6.35. The van der Waals surface area contributed by atoms with Gasteiger partial charge in [-0.3, -0.25) is 19.3 Å². The second-order valence-electron chi connectivity index (χ2n) is 8.65. The first-order valence-corrected chi connectivity index (χ1v) is 11.1. The molecule has 0 aromatic heterocycles. The SMILES string of the molecule is CCOCCCN1C(=O)C(c2ccc(NC(C)=O)cc2)=C(N2CC(C)CC(C)C2)C1=O. The molecule has 1 N–H and O–H groups in total. The van der Waals surface area contributed by atoms with Crippen LogP contribution in [0.3, 0.4) is 0 Å². The van der Waals surface area contributed by atoms with Crippen molar-refractivity contribution in [3.05, 3.63) is 35.5 Å². The van der Waals surface area contributed by atoms with E-state index in [2.05, 4.69) is 24.1 Å². The number of amides is 3. The lowest BCUT2D eigenvalue weighted by Crippen LogP contribution is -2.42. The number of rotatable bonds is 8. The van der Waals surface area contributed by atoms with E-state index in [-0.39, 0.29) is 17.7 Å². The van der Waals surface area contributed by atoms with Crippen molar-refractivity contribution in [3.8, 4) is 0 Å². The van der Waals surface area contributed by atoms with Gasteiger partial charge in [0.2, 0.25) is 5.91 Å². The van der Waals surface area contributed by atoms with Crippen molar-refractivity contribution < 1.29 is 19.1 Å². The van der Waals surface area contributed by atoms with Gasteiger partial charge in [-0.1, -0.05) is 26.0 Å². The molecule has 0 radical (unpaired) electrons. The van der Waals surface area contributed by atoms with Gasteiger partial charge in [-0.2, -0.15) is 0 Å². The minimum Gasteiger partial charge on any atom is -0.382 e. The van der Waals surface area contributed by atoms with Crippen LogP contribution in [-0.2, 0) is 19.1 Å². The number of carbonyl (C=O) groups is 3. The predicted octanol–water partition coefficient (Wildman–Crippen LogP) is 3.13. The Morgan fingerprint density at radius 3 is 2.32 bits per heavy atom. The summed E-state index contributed by atoms with van der Waals surface area (Å²) in [6.45, 7) is 10.7. The molecule has 3 rings (SSSR count). The van der Waals surface area contributed by atoms with Crippen molar-refractivity contribution in [2.75, 3.05) is 38.2 Å². The van der Waals surface area contributed by atoms with Crippen LogP contribution in [0.2, 0.25) is 0 Å². The number of ether oxygens (including phenoxy) is 1. The number of benzene rings is 1. The van der Waals surface area contributed by atoms with Crippen LogP contribution in [0.5, 0.6) is 0 Å². The number of anilines is 1.